The van der Waals surface area contributed by atoms with Crippen LogP contribution in [0.5, 0.6) is 0 Å². The summed E-state index contributed by atoms with van der Waals surface area (Å²) >= 11 is 0. The molecular formula is C10H18N2O. The van der Waals surface area contributed by atoms with Crippen LogP contribution in [0.4, 0.5) is 0 Å². The zero-order valence-corrected chi connectivity index (χ0v) is 8.49. The van der Waals surface area contributed by atoms with E-state index < -0.39 is 0 Å². The SMILES string of the molecule is CCN1CC2CCC(C1)N2C(C)=O. The number of hydrogen-bond acceptors (Lipinski definition) is 2. The molecule has 1 amide bonds. The maximum Gasteiger partial charge on any atom is 0.220 e. The Hall–Kier alpha value is -0.570. The molecule has 2 saturated heterocycles. The Morgan fingerprint density at radius 2 is 1.85 bits per heavy atom. The summed E-state index contributed by atoms with van der Waals surface area (Å²) in [6.07, 6.45) is 2.42. The van der Waals surface area contributed by atoms with Crippen molar-refractivity contribution in [2.75, 3.05) is 19.6 Å². The summed E-state index contributed by atoms with van der Waals surface area (Å²) in [4.78, 5) is 15.9. The van der Waals surface area contributed by atoms with E-state index in [2.05, 4.69) is 16.7 Å². The fourth-order valence-corrected chi connectivity index (χ4v) is 2.76. The molecule has 2 unspecified atom stereocenters. The highest BCUT2D eigenvalue weighted by atomic mass is 16.2. The number of nitrogens with zero attached hydrogens (tertiary/aromatic N) is 2. The lowest BCUT2D eigenvalue weighted by Gasteiger charge is -2.40. The Morgan fingerprint density at radius 3 is 2.23 bits per heavy atom. The first-order valence-corrected chi connectivity index (χ1v) is 5.23. The van der Waals surface area contributed by atoms with E-state index in [9.17, 15) is 4.79 Å². The van der Waals surface area contributed by atoms with Gasteiger partial charge in [-0.15, -0.1) is 0 Å². The maximum absolute atomic E-state index is 11.4. The Bertz CT molecular complexity index is 203. The molecule has 0 aromatic heterocycles. The Labute approximate surface area is 79.7 Å². The van der Waals surface area contributed by atoms with Crippen molar-refractivity contribution < 1.29 is 4.79 Å². The second-order valence-electron chi connectivity index (χ2n) is 4.16. The van der Waals surface area contributed by atoms with Crippen molar-refractivity contribution in [3.05, 3.63) is 0 Å². The molecule has 13 heavy (non-hydrogen) atoms. The summed E-state index contributed by atoms with van der Waals surface area (Å²) in [6.45, 7) is 7.20. The van der Waals surface area contributed by atoms with Crippen molar-refractivity contribution >= 4 is 5.91 Å². The molecule has 3 heteroatoms. The van der Waals surface area contributed by atoms with E-state index in [1.165, 1.54) is 12.8 Å². The molecule has 2 bridgehead atoms. The number of carbonyl (C=O) groups excluding carboxylic acids is 1. The number of carbonyl (C=O) groups is 1. The number of piperazine rings is 1. The van der Waals surface area contributed by atoms with Gasteiger partial charge in [-0.25, -0.2) is 0 Å². The number of likely N-dealkylation sites (tertiary alicyclic amines) is 1. The molecule has 0 saturated carbocycles. The van der Waals surface area contributed by atoms with E-state index >= 15 is 0 Å². The lowest BCUT2D eigenvalue weighted by molar-refractivity contribution is -0.134. The Balaban J connectivity index is 2.08. The monoisotopic (exact) mass is 182 g/mol. The predicted molar refractivity (Wildman–Crippen MR) is 51.4 cm³/mol. The number of amides is 1. The molecular weight excluding hydrogens is 164 g/mol. The Kier molecular flexibility index (Phi) is 2.28. The first-order valence-electron chi connectivity index (χ1n) is 5.23. The zero-order chi connectivity index (χ0) is 9.42. The third-order valence-corrected chi connectivity index (χ3v) is 3.37. The average Bonchev–Trinajstić information content (AvgIpc) is 2.37. The van der Waals surface area contributed by atoms with E-state index in [4.69, 9.17) is 0 Å². The maximum atomic E-state index is 11.4. The van der Waals surface area contributed by atoms with Crippen molar-refractivity contribution in [1.29, 1.82) is 0 Å². The molecule has 0 radical (unpaired) electrons. The molecule has 2 aliphatic heterocycles. The number of rotatable bonds is 1. The van der Waals surface area contributed by atoms with E-state index in [0.29, 0.717) is 12.1 Å². The van der Waals surface area contributed by atoms with Crippen LogP contribution in [0.25, 0.3) is 0 Å². The zero-order valence-electron chi connectivity index (χ0n) is 8.49. The summed E-state index contributed by atoms with van der Waals surface area (Å²) in [5.74, 6) is 0.267. The van der Waals surface area contributed by atoms with Crippen LogP contribution >= 0.6 is 0 Å². The average molecular weight is 182 g/mol. The van der Waals surface area contributed by atoms with Gasteiger partial charge in [0.25, 0.3) is 0 Å². The van der Waals surface area contributed by atoms with Gasteiger partial charge in [0.2, 0.25) is 5.91 Å². The van der Waals surface area contributed by atoms with Gasteiger partial charge < -0.3 is 4.90 Å². The van der Waals surface area contributed by atoms with Crippen LogP contribution in [0, 0.1) is 0 Å². The van der Waals surface area contributed by atoms with Gasteiger partial charge in [-0.1, -0.05) is 6.92 Å². The fraction of sp³-hybridized carbons (Fsp3) is 0.900. The molecule has 0 aliphatic carbocycles. The lowest BCUT2D eigenvalue weighted by Crippen LogP contribution is -2.55. The second kappa shape index (κ2) is 3.29. The molecule has 2 heterocycles. The summed E-state index contributed by atoms with van der Waals surface area (Å²) in [6, 6.07) is 1.02. The molecule has 0 aromatic carbocycles. The van der Waals surface area contributed by atoms with Crippen LogP contribution in [-0.4, -0.2) is 47.4 Å². The van der Waals surface area contributed by atoms with Crippen LogP contribution in [0.3, 0.4) is 0 Å². The Morgan fingerprint density at radius 1 is 1.31 bits per heavy atom. The van der Waals surface area contributed by atoms with Gasteiger partial charge in [0.05, 0.1) is 0 Å². The van der Waals surface area contributed by atoms with Gasteiger partial charge >= 0.3 is 0 Å². The highest BCUT2D eigenvalue weighted by molar-refractivity contribution is 5.74. The molecule has 0 N–H and O–H groups in total. The topological polar surface area (TPSA) is 23.6 Å². The van der Waals surface area contributed by atoms with Gasteiger partial charge in [-0.2, -0.15) is 0 Å². The van der Waals surface area contributed by atoms with Gasteiger partial charge in [0.1, 0.15) is 0 Å². The first kappa shape index (κ1) is 9.00. The molecule has 0 aromatic rings. The van der Waals surface area contributed by atoms with Gasteiger partial charge in [-0.3, -0.25) is 9.69 Å². The van der Waals surface area contributed by atoms with E-state index in [1.807, 2.05) is 0 Å². The third-order valence-electron chi connectivity index (χ3n) is 3.37. The molecule has 2 rings (SSSR count). The largest absolute Gasteiger partial charge is 0.334 e. The van der Waals surface area contributed by atoms with Crippen LogP contribution < -0.4 is 0 Å². The predicted octanol–water partition coefficient (Wildman–Crippen LogP) is 0.701. The minimum Gasteiger partial charge on any atom is -0.334 e. The molecule has 2 atom stereocenters. The van der Waals surface area contributed by atoms with Crippen molar-refractivity contribution in [2.24, 2.45) is 0 Å². The minimum atomic E-state index is 0.267. The van der Waals surface area contributed by atoms with Gasteiger partial charge in [-0.05, 0) is 19.4 Å². The molecule has 74 valence electrons. The van der Waals surface area contributed by atoms with Crippen molar-refractivity contribution in [1.82, 2.24) is 9.80 Å². The number of hydrogen-bond donors (Lipinski definition) is 0. The summed E-state index contributed by atoms with van der Waals surface area (Å²) in [5, 5.41) is 0. The minimum absolute atomic E-state index is 0.267. The van der Waals surface area contributed by atoms with Crippen molar-refractivity contribution in [2.45, 2.75) is 38.8 Å². The van der Waals surface area contributed by atoms with E-state index in [-0.39, 0.29) is 5.91 Å². The van der Waals surface area contributed by atoms with Gasteiger partial charge in [0, 0.05) is 32.1 Å². The van der Waals surface area contributed by atoms with Gasteiger partial charge in [0.15, 0.2) is 0 Å². The quantitative estimate of drug-likeness (QED) is 0.596. The van der Waals surface area contributed by atoms with Crippen molar-refractivity contribution in [3.8, 4) is 0 Å². The highest BCUT2D eigenvalue weighted by Crippen LogP contribution is 2.29. The smallest absolute Gasteiger partial charge is 0.220 e. The first-order chi connectivity index (χ1) is 6.22. The third kappa shape index (κ3) is 1.46. The van der Waals surface area contributed by atoms with Crippen LogP contribution in [0.2, 0.25) is 0 Å². The van der Waals surface area contributed by atoms with Crippen molar-refractivity contribution in [3.63, 3.8) is 0 Å². The highest BCUT2D eigenvalue weighted by Gasteiger charge is 2.40. The fourth-order valence-electron chi connectivity index (χ4n) is 2.76. The van der Waals surface area contributed by atoms with Crippen LogP contribution in [0.1, 0.15) is 26.7 Å². The summed E-state index contributed by atoms with van der Waals surface area (Å²) in [5.41, 5.74) is 0. The molecule has 3 nitrogen and oxygen atoms in total. The van der Waals surface area contributed by atoms with Crippen LogP contribution in [0.15, 0.2) is 0 Å². The lowest BCUT2D eigenvalue weighted by atomic mass is 10.2. The van der Waals surface area contributed by atoms with E-state index in [1.54, 1.807) is 6.92 Å². The molecule has 2 fully saturated rings. The summed E-state index contributed by atoms with van der Waals surface area (Å²) < 4.78 is 0. The molecule has 2 aliphatic rings. The normalized spacial score (nSPS) is 33.8. The summed E-state index contributed by atoms with van der Waals surface area (Å²) in [7, 11) is 0. The molecule has 0 spiro atoms. The number of likely N-dealkylation sites (N-methyl/N-ethyl adjacent to an activating group) is 1. The second-order valence-corrected chi connectivity index (χ2v) is 4.16. The van der Waals surface area contributed by atoms with E-state index in [0.717, 1.165) is 19.6 Å². The standard InChI is InChI=1S/C10H18N2O/c1-3-11-6-9-4-5-10(7-11)12(9)8(2)13/h9-10H,3-7H2,1-2H3. The van der Waals surface area contributed by atoms with Crippen LogP contribution in [-0.2, 0) is 4.79 Å². The number of fused-ring (bicyclic) bond motifs is 2.